The van der Waals surface area contributed by atoms with Crippen molar-refractivity contribution in [3.8, 4) is 28.7 Å². The summed E-state index contributed by atoms with van der Waals surface area (Å²) < 4.78 is 27.1. The molecule has 0 spiro atoms. The molecule has 0 bridgehead atoms. The molecule has 0 saturated carbocycles. The van der Waals surface area contributed by atoms with E-state index in [1.165, 1.54) is 33.5 Å². The topological polar surface area (TPSA) is 80.3 Å². The number of fused-ring (bicyclic) bond motifs is 1. The summed E-state index contributed by atoms with van der Waals surface area (Å²) in [6.45, 7) is 5.34. The smallest absolute Gasteiger partial charge is 0.343 e. The molecule has 2 aromatic carbocycles. The Kier molecular flexibility index (Phi) is 5.50. The Balaban J connectivity index is 1.95. The quantitative estimate of drug-likeness (QED) is 0.426. The van der Waals surface area contributed by atoms with Crippen molar-refractivity contribution in [2.75, 3.05) is 21.3 Å². The van der Waals surface area contributed by atoms with Crippen LogP contribution in [0.3, 0.4) is 0 Å². The predicted octanol–water partition coefficient (Wildman–Crippen LogP) is 4.11. The Hall–Kier alpha value is -3.48. The van der Waals surface area contributed by atoms with Gasteiger partial charge in [0.2, 0.25) is 11.5 Å². The number of hydrogen-bond donors (Lipinski definition) is 0. The van der Waals surface area contributed by atoms with Gasteiger partial charge < -0.3 is 23.7 Å². The van der Waals surface area contributed by atoms with Crippen LogP contribution in [-0.2, 0) is 0 Å². The molecule has 3 rings (SSSR count). The van der Waals surface area contributed by atoms with Gasteiger partial charge in [0, 0.05) is 5.56 Å². The van der Waals surface area contributed by atoms with E-state index in [4.69, 9.17) is 23.7 Å². The van der Waals surface area contributed by atoms with Crippen molar-refractivity contribution in [3.63, 3.8) is 0 Å². The number of ether oxygens (including phenoxy) is 5. The lowest BCUT2D eigenvalue weighted by Crippen LogP contribution is -2.10. The second-order valence-corrected chi connectivity index (χ2v) is 6.63. The largest absolute Gasteiger partial charge is 0.493 e. The monoisotopic (exact) mass is 398 g/mol. The van der Waals surface area contributed by atoms with Crippen LogP contribution in [0, 0.1) is 6.92 Å². The maximum absolute atomic E-state index is 12.7. The molecule has 0 N–H and O–H groups in total. The van der Waals surface area contributed by atoms with E-state index >= 15 is 0 Å². The Labute approximate surface area is 168 Å². The number of methoxy groups -OCH3 is 3. The van der Waals surface area contributed by atoms with Crippen molar-refractivity contribution >= 4 is 11.8 Å². The summed E-state index contributed by atoms with van der Waals surface area (Å²) >= 11 is 0. The van der Waals surface area contributed by atoms with Gasteiger partial charge in [-0.15, -0.1) is 0 Å². The van der Waals surface area contributed by atoms with Crippen LogP contribution >= 0.6 is 0 Å². The van der Waals surface area contributed by atoms with Gasteiger partial charge in [0.1, 0.15) is 11.5 Å². The normalized spacial score (nSPS) is 12.2. The van der Waals surface area contributed by atoms with E-state index in [0.29, 0.717) is 45.6 Å². The lowest BCUT2D eigenvalue weighted by Gasteiger charge is -2.14. The van der Waals surface area contributed by atoms with Crippen LogP contribution in [0.2, 0.25) is 0 Å². The SMILES string of the molecule is COc1cc(C(=O)Oc2ccc3c(c2C)OC(=C(C)C)C3=O)cc(OC)c1OC. The number of hydrogen-bond acceptors (Lipinski definition) is 7. The van der Waals surface area contributed by atoms with Crippen molar-refractivity contribution in [3.05, 3.63) is 52.3 Å². The molecule has 1 heterocycles. The fourth-order valence-electron chi connectivity index (χ4n) is 3.05. The molecule has 1 aliphatic heterocycles. The number of allylic oxidation sites excluding steroid dienone is 2. The van der Waals surface area contributed by atoms with Crippen LogP contribution in [0.5, 0.6) is 28.7 Å². The van der Waals surface area contributed by atoms with Crippen molar-refractivity contribution in [1.29, 1.82) is 0 Å². The average Bonchev–Trinajstić information content (AvgIpc) is 3.06. The molecule has 0 aliphatic carbocycles. The highest BCUT2D eigenvalue weighted by Crippen LogP contribution is 2.41. The first-order valence-electron chi connectivity index (χ1n) is 8.88. The molecular formula is C22H22O7. The van der Waals surface area contributed by atoms with Gasteiger partial charge in [-0.2, -0.15) is 0 Å². The molecule has 7 heteroatoms. The summed E-state index contributed by atoms with van der Waals surface area (Å²) in [5, 5.41) is 0. The Morgan fingerprint density at radius 3 is 2.07 bits per heavy atom. The van der Waals surface area contributed by atoms with Crippen molar-refractivity contribution in [2.24, 2.45) is 0 Å². The third-order valence-electron chi connectivity index (χ3n) is 4.57. The van der Waals surface area contributed by atoms with Crippen LogP contribution in [0.15, 0.2) is 35.6 Å². The zero-order valence-corrected chi connectivity index (χ0v) is 17.2. The van der Waals surface area contributed by atoms with Crippen molar-refractivity contribution < 1.29 is 33.3 Å². The van der Waals surface area contributed by atoms with Gasteiger partial charge in [-0.1, -0.05) is 0 Å². The number of carbonyl (C=O) groups excluding carboxylic acids is 2. The Morgan fingerprint density at radius 1 is 0.931 bits per heavy atom. The summed E-state index contributed by atoms with van der Waals surface area (Å²) in [6, 6.07) is 6.19. The number of esters is 1. The molecule has 0 amide bonds. The highest BCUT2D eigenvalue weighted by atomic mass is 16.5. The highest BCUT2D eigenvalue weighted by Gasteiger charge is 2.31. The van der Waals surface area contributed by atoms with Crippen molar-refractivity contribution in [1.82, 2.24) is 0 Å². The van der Waals surface area contributed by atoms with Crippen LogP contribution in [-0.4, -0.2) is 33.1 Å². The minimum absolute atomic E-state index is 0.175. The summed E-state index contributed by atoms with van der Waals surface area (Å²) in [4.78, 5) is 25.2. The molecule has 0 atom stereocenters. The average molecular weight is 398 g/mol. The van der Waals surface area contributed by atoms with Crippen molar-refractivity contribution in [2.45, 2.75) is 20.8 Å². The van der Waals surface area contributed by atoms with Gasteiger partial charge in [0.15, 0.2) is 17.3 Å². The Bertz CT molecular complexity index is 1000. The lowest BCUT2D eigenvalue weighted by molar-refractivity contribution is 0.0732. The molecule has 0 radical (unpaired) electrons. The second kappa shape index (κ2) is 7.87. The number of ketones is 1. The molecular weight excluding hydrogens is 376 g/mol. The van der Waals surface area contributed by atoms with E-state index in [-0.39, 0.29) is 11.3 Å². The van der Waals surface area contributed by atoms with E-state index in [2.05, 4.69) is 0 Å². The predicted molar refractivity (Wildman–Crippen MR) is 106 cm³/mol. The summed E-state index contributed by atoms with van der Waals surface area (Å²) in [6.07, 6.45) is 0. The molecule has 7 nitrogen and oxygen atoms in total. The maximum atomic E-state index is 12.7. The van der Waals surface area contributed by atoms with Gasteiger partial charge in [-0.25, -0.2) is 4.79 Å². The van der Waals surface area contributed by atoms with Crippen LogP contribution in [0.25, 0.3) is 0 Å². The summed E-state index contributed by atoms with van der Waals surface area (Å²) in [5.74, 6) is 1.27. The molecule has 0 unspecified atom stereocenters. The first kappa shape index (κ1) is 20.3. The van der Waals surface area contributed by atoms with Crippen LogP contribution in [0.4, 0.5) is 0 Å². The standard InChI is InChI=1S/C22H22O7/c1-11(2)19-18(23)14-7-8-15(12(3)20(14)29-19)28-22(24)13-9-16(25-4)21(27-6)17(10-13)26-5/h7-10H,1-6H3. The maximum Gasteiger partial charge on any atom is 0.343 e. The molecule has 152 valence electrons. The zero-order valence-electron chi connectivity index (χ0n) is 17.2. The minimum Gasteiger partial charge on any atom is -0.493 e. The lowest BCUT2D eigenvalue weighted by atomic mass is 10.1. The first-order valence-corrected chi connectivity index (χ1v) is 8.88. The van der Waals surface area contributed by atoms with E-state index in [1.807, 2.05) is 0 Å². The van der Waals surface area contributed by atoms with Gasteiger partial charge >= 0.3 is 5.97 Å². The van der Waals surface area contributed by atoms with E-state index in [0.717, 1.165) is 5.57 Å². The highest BCUT2D eigenvalue weighted by molar-refractivity contribution is 6.13. The molecule has 2 aromatic rings. The molecule has 0 aromatic heterocycles. The van der Waals surface area contributed by atoms with E-state index in [9.17, 15) is 9.59 Å². The molecule has 1 aliphatic rings. The number of Topliss-reactive ketones (excluding diaryl/α,β-unsaturated/α-hetero) is 1. The van der Waals surface area contributed by atoms with Gasteiger partial charge in [0.25, 0.3) is 0 Å². The fraction of sp³-hybridized carbons (Fsp3) is 0.273. The van der Waals surface area contributed by atoms with E-state index in [1.54, 1.807) is 32.9 Å². The summed E-state index contributed by atoms with van der Waals surface area (Å²) in [7, 11) is 4.41. The first-order chi connectivity index (χ1) is 13.8. The Morgan fingerprint density at radius 2 is 1.55 bits per heavy atom. The molecule has 29 heavy (non-hydrogen) atoms. The van der Waals surface area contributed by atoms with E-state index < -0.39 is 5.97 Å². The third-order valence-corrected chi connectivity index (χ3v) is 4.57. The number of benzene rings is 2. The fourth-order valence-corrected chi connectivity index (χ4v) is 3.05. The second-order valence-electron chi connectivity index (χ2n) is 6.63. The van der Waals surface area contributed by atoms with Gasteiger partial charge in [0.05, 0.1) is 32.5 Å². The van der Waals surface area contributed by atoms with Crippen LogP contribution < -0.4 is 23.7 Å². The third kappa shape index (κ3) is 3.51. The van der Waals surface area contributed by atoms with Crippen LogP contribution in [0.1, 0.15) is 40.1 Å². The number of rotatable bonds is 5. The summed E-state index contributed by atoms with van der Waals surface area (Å²) in [5.41, 5.74) is 2.02. The van der Waals surface area contributed by atoms with Gasteiger partial charge in [-0.3, -0.25) is 4.79 Å². The zero-order chi connectivity index (χ0) is 21.3. The molecule has 0 saturated heterocycles. The number of carbonyl (C=O) groups is 2. The molecule has 0 fully saturated rings. The van der Waals surface area contributed by atoms with Gasteiger partial charge in [-0.05, 0) is 50.6 Å². The minimum atomic E-state index is -0.612.